The molecule has 0 spiro atoms. The number of para-hydroxylation sites is 1. The molecule has 0 aliphatic carbocycles. The number of carbonyl (C=O) groups is 3. The predicted octanol–water partition coefficient (Wildman–Crippen LogP) is 1.68. The number of nitrogen functional groups attached to an aromatic ring is 1. The van der Waals surface area contributed by atoms with Gasteiger partial charge in [0.05, 0.1) is 25.9 Å². The first kappa shape index (κ1) is 26.4. The van der Waals surface area contributed by atoms with Crippen LogP contribution in [0.15, 0.2) is 48.5 Å². The number of hydrogen-bond donors (Lipinski definition) is 4. The van der Waals surface area contributed by atoms with E-state index in [2.05, 4.69) is 9.69 Å². The van der Waals surface area contributed by atoms with Crippen molar-refractivity contribution in [3.63, 3.8) is 0 Å². The van der Waals surface area contributed by atoms with Crippen molar-refractivity contribution in [3.05, 3.63) is 70.2 Å². The van der Waals surface area contributed by atoms with Crippen LogP contribution in [-0.2, 0) is 16.1 Å². The van der Waals surface area contributed by atoms with Gasteiger partial charge >= 0.3 is 0 Å². The van der Waals surface area contributed by atoms with Gasteiger partial charge in [0.2, 0.25) is 5.91 Å². The summed E-state index contributed by atoms with van der Waals surface area (Å²) in [5, 5.41) is 12.6. The molecule has 1 heterocycles. The van der Waals surface area contributed by atoms with E-state index < -0.39 is 23.8 Å². The molecular weight excluding hydrogens is 486 g/mol. The molecule has 0 fully saturated rings. The number of hydrogen-bond acceptors (Lipinski definition) is 9. The Kier molecular flexibility index (Phi) is 8.81. The monoisotopic (exact) mass is 513 g/mol. The number of rotatable bonds is 11. The molecule has 190 valence electrons. The number of aromatic hydroxyl groups is 1. The van der Waals surface area contributed by atoms with Gasteiger partial charge in [-0.05, 0) is 35.3 Å². The van der Waals surface area contributed by atoms with E-state index in [1.807, 2.05) is 0 Å². The third-order valence-corrected chi connectivity index (χ3v) is 6.17. The molecule has 2 aromatic carbocycles. The van der Waals surface area contributed by atoms with Crippen molar-refractivity contribution in [1.29, 1.82) is 0 Å². The van der Waals surface area contributed by atoms with Crippen molar-refractivity contribution in [2.75, 3.05) is 33.1 Å². The molecule has 3 amide bonds. The van der Waals surface area contributed by atoms with Gasteiger partial charge in [0.1, 0.15) is 22.4 Å². The highest BCUT2D eigenvalue weighted by atomic mass is 32.1. The summed E-state index contributed by atoms with van der Waals surface area (Å²) in [6, 6.07) is 11.8. The van der Waals surface area contributed by atoms with Crippen molar-refractivity contribution in [1.82, 2.24) is 14.6 Å². The fraction of sp³-hybridized carbons (Fsp3) is 0.250. The van der Waals surface area contributed by atoms with Crippen LogP contribution < -0.4 is 21.5 Å². The fourth-order valence-corrected chi connectivity index (χ4v) is 4.32. The van der Waals surface area contributed by atoms with E-state index >= 15 is 0 Å². The van der Waals surface area contributed by atoms with E-state index in [9.17, 15) is 19.5 Å². The number of amides is 3. The van der Waals surface area contributed by atoms with Crippen LogP contribution >= 0.6 is 11.5 Å². The summed E-state index contributed by atoms with van der Waals surface area (Å²) < 4.78 is 14.4. The Hall–Kier alpha value is -4.16. The molecule has 0 saturated heterocycles. The van der Waals surface area contributed by atoms with Crippen LogP contribution in [0.25, 0.3) is 0 Å². The van der Waals surface area contributed by atoms with Crippen molar-refractivity contribution < 1.29 is 29.0 Å². The molecule has 1 aromatic heterocycles. The van der Waals surface area contributed by atoms with Gasteiger partial charge < -0.3 is 36.3 Å². The molecule has 1 unspecified atom stereocenters. The average Bonchev–Trinajstić information content (AvgIpc) is 3.26. The second kappa shape index (κ2) is 12.0. The lowest BCUT2D eigenvalue weighted by atomic mass is 10.0. The number of nitrogens with zero attached hydrogens (tertiary/aromatic N) is 2. The number of carbonyl (C=O) groups excluding carboxylic acids is 3. The molecule has 0 radical (unpaired) electrons. The SMILES string of the molecule is COCCNC(=O)C(c1ccc(O)cc1)N(Cc1ccccc1OC)C(=O)c1snc(C(N)=O)c1N. The zero-order valence-electron chi connectivity index (χ0n) is 19.8. The maximum atomic E-state index is 13.9. The van der Waals surface area contributed by atoms with Crippen LogP contribution in [0.5, 0.6) is 11.5 Å². The summed E-state index contributed by atoms with van der Waals surface area (Å²) in [4.78, 5) is 40.3. The number of methoxy groups -OCH3 is 2. The number of phenolic OH excluding ortho intramolecular Hbond substituents is 1. The van der Waals surface area contributed by atoms with Crippen LogP contribution in [0.2, 0.25) is 0 Å². The van der Waals surface area contributed by atoms with Crippen LogP contribution in [0.1, 0.15) is 37.3 Å². The van der Waals surface area contributed by atoms with Gasteiger partial charge in [0.15, 0.2) is 5.69 Å². The van der Waals surface area contributed by atoms with Crippen LogP contribution in [0, 0.1) is 0 Å². The Bertz CT molecular complexity index is 1230. The van der Waals surface area contributed by atoms with Crippen molar-refractivity contribution in [3.8, 4) is 11.5 Å². The third kappa shape index (κ3) is 5.90. The van der Waals surface area contributed by atoms with E-state index in [-0.39, 0.29) is 41.7 Å². The third-order valence-electron chi connectivity index (χ3n) is 5.32. The fourth-order valence-electron chi connectivity index (χ4n) is 3.56. The first-order chi connectivity index (χ1) is 17.3. The highest BCUT2D eigenvalue weighted by Gasteiger charge is 2.35. The van der Waals surface area contributed by atoms with E-state index in [1.165, 1.54) is 31.3 Å². The summed E-state index contributed by atoms with van der Waals surface area (Å²) >= 11 is 0.720. The number of phenols is 1. The number of nitrogens with two attached hydrogens (primary N) is 2. The van der Waals surface area contributed by atoms with Gasteiger partial charge in [-0.3, -0.25) is 14.4 Å². The predicted molar refractivity (Wildman–Crippen MR) is 134 cm³/mol. The van der Waals surface area contributed by atoms with Gasteiger partial charge in [-0.2, -0.15) is 4.37 Å². The minimum atomic E-state index is -1.14. The molecule has 1 atom stereocenters. The Morgan fingerprint density at radius 3 is 2.44 bits per heavy atom. The average molecular weight is 514 g/mol. The van der Waals surface area contributed by atoms with Gasteiger partial charge in [-0.1, -0.05) is 30.3 Å². The zero-order valence-corrected chi connectivity index (χ0v) is 20.6. The van der Waals surface area contributed by atoms with E-state index in [4.69, 9.17) is 20.9 Å². The second-order valence-electron chi connectivity index (χ2n) is 7.66. The van der Waals surface area contributed by atoms with Gasteiger partial charge in [-0.25, -0.2) is 0 Å². The van der Waals surface area contributed by atoms with Crippen molar-refractivity contribution in [2.45, 2.75) is 12.6 Å². The molecule has 36 heavy (non-hydrogen) atoms. The molecule has 3 rings (SSSR count). The molecule has 12 heteroatoms. The number of anilines is 1. The summed E-state index contributed by atoms with van der Waals surface area (Å²) in [5.74, 6) is -1.48. The molecule has 3 aromatic rings. The smallest absolute Gasteiger partial charge is 0.270 e. The Morgan fingerprint density at radius 2 is 1.83 bits per heavy atom. The lowest BCUT2D eigenvalue weighted by Crippen LogP contribution is -2.44. The maximum absolute atomic E-state index is 13.9. The number of aromatic nitrogens is 1. The molecule has 0 aliphatic heterocycles. The lowest BCUT2D eigenvalue weighted by Gasteiger charge is -2.31. The lowest BCUT2D eigenvalue weighted by molar-refractivity contribution is -0.126. The molecular formula is C24H27N5O6S. The standard InChI is InChI=1S/C24H27N5O6S/c1-34-12-11-27-23(32)20(14-7-9-16(30)10-8-14)29(13-15-5-3-4-6-17(15)35-2)24(33)21-18(25)19(22(26)31)28-36-21/h3-10,20,30H,11-13,25H2,1-2H3,(H2,26,31)(H,27,32). The second-order valence-corrected chi connectivity index (χ2v) is 8.43. The molecule has 0 aliphatic rings. The van der Waals surface area contributed by atoms with Gasteiger partial charge in [0.25, 0.3) is 11.8 Å². The highest BCUT2D eigenvalue weighted by molar-refractivity contribution is 7.09. The first-order valence-corrected chi connectivity index (χ1v) is 11.6. The maximum Gasteiger partial charge on any atom is 0.270 e. The Morgan fingerprint density at radius 1 is 1.14 bits per heavy atom. The highest BCUT2D eigenvalue weighted by Crippen LogP contribution is 2.32. The topological polar surface area (TPSA) is 170 Å². The minimum Gasteiger partial charge on any atom is -0.508 e. The molecule has 0 saturated carbocycles. The van der Waals surface area contributed by atoms with Crippen LogP contribution in [0.4, 0.5) is 5.69 Å². The van der Waals surface area contributed by atoms with Gasteiger partial charge in [0, 0.05) is 19.2 Å². The summed E-state index contributed by atoms with van der Waals surface area (Å²) in [7, 11) is 3.00. The molecule has 11 nitrogen and oxygen atoms in total. The van der Waals surface area contributed by atoms with E-state index in [1.54, 1.807) is 36.4 Å². The zero-order chi connectivity index (χ0) is 26.2. The van der Waals surface area contributed by atoms with Gasteiger partial charge in [-0.15, -0.1) is 0 Å². The first-order valence-electron chi connectivity index (χ1n) is 10.8. The molecule has 6 N–H and O–H groups in total. The Balaban J connectivity index is 2.14. The molecule has 0 bridgehead atoms. The van der Waals surface area contributed by atoms with Crippen molar-refractivity contribution in [2.24, 2.45) is 5.73 Å². The summed E-state index contributed by atoms with van der Waals surface area (Å²) in [6.07, 6.45) is 0. The number of benzene rings is 2. The Labute approximate surface area is 211 Å². The minimum absolute atomic E-state index is 0.00213. The normalized spacial score (nSPS) is 11.5. The van der Waals surface area contributed by atoms with E-state index in [0.717, 1.165) is 11.5 Å². The number of primary amides is 1. The van der Waals surface area contributed by atoms with Crippen LogP contribution in [-0.4, -0.2) is 59.5 Å². The van der Waals surface area contributed by atoms with Crippen LogP contribution in [0.3, 0.4) is 0 Å². The van der Waals surface area contributed by atoms with E-state index in [0.29, 0.717) is 16.9 Å². The quantitative estimate of drug-likeness (QED) is 0.281. The number of nitrogens with one attached hydrogen (secondary N) is 1. The summed E-state index contributed by atoms with van der Waals surface area (Å²) in [6.45, 7) is 0.419. The summed E-state index contributed by atoms with van der Waals surface area (Å²) in [5.41, 5.74) is 12.1. The largest absolute Gasteiger partial charge is 0.508 e. The van der Waals surface area contributed by atoms with Crippen molar-refractivity contribution >= 4 is 34.9 Å². The number of ether oxygens (including phenoxy) is 2.